The normalized spacial score (nSPS) is 12.9. The Morgan fingerprint density at radius 3 is 0.772 bits per heavy atom. The Hall–Kier alpha value is -4.19. The lowest BCUT2D eigenvalue weighted by molar-refractivity contribution is -0.167. The Balaban J connectivity index is 3.98. The summed E-state index contributed by atoms with van der Waals surface area (Å²) >= 11 is 0. The lowest BCUT2D eigenvalue weighted by atomic mass is 10.0. The maximum absolute atomic E-state index is 12.8. The van der Waals surface area contributed by atoms with Crippen molar-refractivity contribution in [3.8, 4) is 0 Å². The van der Waals surface area contributed by atoms with Crippen molar-refractivity contribution in [2.45, 2.75) is 309 Å². The van der Waals surface area contributed by atoms with Crippen LogP contribution in [0.15, 0.2) is 122 Å². The molecule has 0 spiro atoms. The SMILES string of the molecule is CC/C=C\C/C=C\C/C=C\C/C=C\C/C=C\C/C=C\CCCCCCCCCCCCCCCCCCC(=O)OCC(COC(=O)CCCCCCC)OC(=O)CCCCCCCCCC/C=C\C/C=C\C/C=C\C/C=C\CC. The molecule has 79 heavy (non-hydrogen) atoms. The van der Waals surface area contributed by atoms with Gasteiger partial charge in [0.05, 0.1) is 0 Å². The van der Waals surface area contributed by atoms with E-state index in [0.29, 0.717) is 19.3 Å². The highest BCUT2D eigenvalue weighted by molar-refractivity contribution is 5.71. The van der Waals surface area contributed by atoms with E-state index in [9.17, 15) is 14.4 Å². The van der Waals surface area contributed by atoms with Crippen LogP contribution in [0.4, 0.5) is 0 Å². The highest BCUT2D eigenvalue weighted by Crippen LogP contribution is 2.16. The molecule has 1 unspecified atom stereocenters. The number of allylic oxidation sites excluding steroid dienone is 20. The third kappa shape index (κ3) is 64.5. The minimum absolute atomic E-state index is 0.0804. The first kappa shape index (κ1) is 74.8. The number of carbonyl (C=O) groups is 3. The molecular weight excluding hydrogens is 973 g/mol. The highest BCUT2D eigenvalue weighted by Gasteiger charge is 2.19. The van der Waals surface area contributed by atoms with Gasteiger partial charge >= 0.3 is 17.9 Å². The number of ether oxygens (including phenoxy) is 3. The second kappa shape index (κ2) is 66.3. The number of carbonyl (C=O) groups excluding carboxylic acids is 3. The van der Waals surface area contributed by atoms with Gasteiger partial charge in [0.2, 0.25) is 0 Å². The van der Waals surface area contributed by atoms with Crippen molar-refractivity contribution in [3.63, 3.8) is 0 Å². The van der Waals surface area contributed by atoms with E-state index in [-0.39, 0.29) is 31.1 Å². The number of rotatable bonds is 59. The zero-order valence-corrected chi connectivity index (χ0v) is 51.6. The average Bonchev–Trinajstić information content (AvgIpc) is 3.45. The molecule has 0 saturated carbocycles. The Morgan fingerprint density at radius 2 is 0.494 bits per heavy atom. The number of hydrogen-bond donors (Lipinski definition) is 0. The molecule has 0 amide bonds. The van der Waals surface area contributed by atoms with Gasteiger partial charge in [0.15, 0.2) is 6.10 Å². The van der Waals surface area contributed by atoms with Crippen LogP contribution in [-0.4, -0.2) is 37.2 Å². The van der Waals surface area contributed by atoms with Gasteiger partial charge in [-0.15, -0.1) is 0 Å². The molecule has 0 aromatic heterocycles. The molecule has 0 fully saturated rings. The fraction of sp³-hybridized carbons (Fsp3) is 0.685. The van der Waals surface area contributed by atoms with Crippen molar-refractivity contribution < 1.29 is 28.6 Å². The summed E-state index contributed by atoms with van der Waals surface area (Å²) in [7, 11) is 0. The van der Waals surface area contributed by atoms with E-state index in [2.05, 4.69) is 142 Å². The van der Waals surface area contributed by atoms with Crippen LogP contribution in [0.25, 0.3) is 0 Å². The average molecular weight is 1100 g/mol. The van der Waals surface area contributed by atoms with E-state index in [1.807, 2.05) is 0 Å². The summed E-state index contributed by atoms with van der Waals surface area (Å²) in [5.41, 5.74) is 0. The summed E-state index contributed by atoms with van der Waals surface area (Å²) in [5.74, 6) is -0.896. The van der Waals surface area contributed by atoms with E-state index in [1.165, 1.54) is 128 Å². The first-order valence-electron chi connectivity index (χ1n) is 33.0. The summed E-state index contributed by atoms with van der Waals surface area (Å²) < 4.78 is 16.8. The van der Waals surface area contributed by atoms with Gasteiger partial charge in [0.1, 0.15) is 13.2 Å². The lowest BCUT2D eigenvalue weighted by Gasteiger charge is -2.18. The smallest absolute Gasteiger partial charge is 0.306 e. The first-order valence-corrected chi connectivity index (χ1v) is 33.0. The predicted octanol–water partition coefficient (Wildman–Crippen LogP) is 22.8. The van der Waals surface area contributed by atoms with Crippen molar-refractivity contribution >= 4 is 17.9 Å². The summed E-state index contributed by atoms with van der Waals surface area (Å²) in [6.45, 7) is 6.34. The zero-order valence-electron chi connectivity index (χ0n) is 51.6. The van der Waals surface area contributed by atoms with Crippen LogP contribution >= 0.6 is 0 Å². The van der Waals surface area contributed by atoms with Crippen LogP contribution in [-0.2, 0) is 28.6 Å². The van der Waals surface area contributed by atoms with E-state index >= 15 is 0 Å². The van der Waals surface area contributed by atoms with E-state index < -0.39 is 6.10 Å². The molecule has 0 aliphatic rings. The molecular formula is C73H122O6. The van der Waals surface area contributed by atoms with E-state index in [4.69, 9.17) is 14.2 Å². The largest absolute Gasteiger partial charge is 0.462 e. The summed E-state index contributed by atoms with van der Waals surface area (Å²) in [6, 6.07) is 0. The van der Waals surface area contributed by atoms with Crippen LogP contribution in [0, 0.1) is 0 Å². The maximum atomic E-state index is 12.8. The molecule has 0 aromatic carbocycles. The molecule has 0 aliphatic carbocycles. The van der Waals surface area contributed by atoms with Crippen molar-refractivity contribution in [2.24, 2.45) is 0 Å². The third-order valence-electron chi connectivity index (χ3n) is 14.0. The second-order valence-electron chi connectivity index (χ2n) is 21.6. The number of esters is 3. The van der Waals surface area contributed by atoms with Crippen LogP contribution in [0.5, 0.6) is 0 Å². The number of hydrogen-bond acceptors (Lipinski definition) is 6. The van der Waals surface area contributed by atoms with Crippen molar-refractivity contribution in [1.82, 2.24) is 0 Å². The van der Waals surface area contributed by atoms with E-state index in [0.717, 1.165) is 135 Å². The van der Waals surface area contributed by atoms with Gasteiger partial charge in [0.25, 0.3) is 0 Å². The minimum Gasteiger partial charge on any atom is -0.462 e. The highest BCUT2D eigenvalue weighted by atomic mass is 16.6. The predicted molar refractivity (Wildman–Crippen MR) is 343 cm³/mol. The minimum atomic E-state index is -0.780. The van der Waals surface area contributed by atoms with Crippen molar-refractivity contribution in [1.29, 1.82) is 0 Å². The quantitative estimate of drug-likeness (QED) is 0.0261. The molecule has 0 aliphatic heterocycles. The summed E-state index contributed by atoms with van der Waals surface area (Å²) in [4.78, 5) is 37.9. The van der Waals surface area contributed by atoms with Gasteiger partial charge < -0.3 is 14.2 Å². The maximum Gasteiger partial charge on any atom is 0.306 e. The monoisotopic (exact) mass is 1090 g/mol. The molecule has 0 N–H and O–H groups in total. The summed E-state index contributed by atoms with van der Waals surface area (Å²) in [5, 5.41) is 0. The Bertz CT molecular complexity index is 1640. The van der Waals surface area contributed by atoms with Crippen LogP contribution in [0.2, 0.25) is 0 Å². The second-order valence-corrected chi connectivity index (χ2v) is 21.6. The molecule has 450 valence electrons. The lowest BCUT2D eigenvalue weighted by Crippen LogP contribution is -2.30. The molecule has 0 heterocycles. The Labute approximate surface area is 488 Å². The molecule has 0 radical (unpaired) electrons. The Morgan fingerprint density at radius 1 is 0.266 bits per heavy atom. The van der Waals surface area contributed by atoms with Crippen molar-refractivity contribution in [3.05, 3.63) is 122 Å². The van der Waals surface area contributed by atoms with Gasteiger partial charge in [-0.1, -0.05) is 296 Å². The standard InChI is InChI=1S/C73H122O6/c1-4-7-10-13-15-17-19-21-23-25-27-29-30-31-32-33-34-35-36-37-38-39-40-41-42-44-45-47-49-51-53-55-57-60-63-66-72(75)78-69-70(68-77-71(74)65-62-59-12-9-6-3)79-73(76)67-64-61-58-56-54-52-50-48-46-43-28-26-24-22-20-18-16-14-11-8-5-2/h7-8,10-11,15-18,21-24,27-29,31-32,34-35,43,70H,4-6,9,12-14,19-20,25-26,30,33,36-42,44-69H2,1-3H3/b10-7-,11-8-,17-15-,18-16-,23-21-,24-22-,29-27-,32-31-,35-34-,43-28-. The fourth-order valence-electron chi connectivity index (χ4n) is 9.09. The number of unbranched alkanes of at least 4 members (excludes halogenated alkanes) is 28. The third-order valence-corrected chi connectivity index (χ3v) is 14.0. The molecule has 6 nitrogen and oxygen atoms in total. The van der Waals surface area contributed by atoms with Crippen LogP contribution in [0.1, 0.15) is 303 Å². The van der Waals surface area contributed by atoms with Gasteiger partial charge in [-0.2, -0.15) is 0 Å². The fourth-order valence-corrected chi connectivity index (χ4v) is 9.09. The molecule has 0 saturated heterocycles. The molecule has 1 atom stereocenters. The molecule has 0 bridgehead atoms. The van der Waals surface area contributed by atoms with Gasteiger partial charge in [-0.25, -0.2) is 0 Å². The van der Waals surface area contributed by atoms with Gasteiger partial charge in [-0.05, 0) is 109 Å². The molecule has 6 heteroatoms. The summed E-state index contributed by atoms with van der Waals surface area (Å²) in [6.07, 6.45) is 92.7. The molecule has 0 aromatic rings. The van der Waals surface area contributed by atoms with Crippen molar-refractivity contribution in [2.75, 3.05) is 13.2 Å². The van der Waals surface area contributed by atoms with E-state index in [1.54, 1.807) is 0 Å². The topological polar surface area (TPSA) is 78.9 Å². The molecule has 0 rings (SSSR count). The Kier molecular flexibility index (Phi) is 62.8. The zero-order chi connectivity index (χ0) is 57.1. The van der Waals surface area contributed by atoms with Gasteiger partial charge in [-0.3, -0.25) is 14.4 Å². The van der Waals surface area contributed by atoms with Crippen LogP contribution < -0.4 is 0 Å². The first-order chi connectivity index (χ1) is 39.0. The van der Waals surface area contributed by atoms with Crippen LogP contribution in [0.3, 0.4) is 0 Å². The van der Waals surface area contributed by atoms with Gasteiger partial charge in [0, 0.05) is 19.3 Å².